The van der Waals surface area contributed by atoms with Crippen molar-refractivity contribution in [3.63, 3.8) is 0 Å². The summed E-state index contributed by atoms with van der Waals surface area (Å²) in [6.45, 7) is 1.88. The van der Waals surface area contributed by atoms with E-state index in [0.717, 1.165) is 5.56 Å². The Morgan fingerprint density at radius 2 is 1.69 bits per heavy atom. The SMILES string of the molecule is Cc1ccc(OP(=O)(O)O)cc1.[La]. The Morgan fingerprint density at radius 3 is 2.08 bits per heavy atom. The molecule has 1 aromatic rings. The molecule has 0 heterocycles. The van der Waals surface area contributed by atoms with Gasteiger partial charge in [0.1, 0.15) is 5.75 Å². The van der Waals surface area contributed by atoms with Crippen LogP contribution in [0.15, 0.2) is 24.3 Å². The average Bonchev–Trinajstić information content (AvgIpc) is 1.91. The molecule has 0 spiro atoms. The van der Waals surface area contributed by atoms with Crippen molar-refractivity contribution in [2.24, 2.45) is 0 Å². The monoisotopic (exact) mass is 327 g/mol. The summed E-state index contributed by atoms with van der Waals surface area (Å²) >= 11 is 0. The molecule has 0 aromatic heterocycles. The van der Waals surface area contributed by atoms with Gasteiger partial charge < -0.3 is 4.52 Å². The summed E-state index contributed by atoms with van der Waals surface area (Å²) in [5.41, 5.74) is 1.01. The molecule has 2 N–H and O–H groups in total. The Kier molecular flexibility index (Phi) is 5.44. The van der Waals surface area contributed by atoms with E-state index in [4.69, 9.17) is 9.79 Å². The smallest absolute Gasteiger partial charge is 0.404 e. The van der Waals surface area contributed by atoms with Crippen molar-refractivity contribution in [3.05, 3.63) is 29.8 Å². The Hall–Kier alpha value is 0.365. The maximum absolute atomic E-state index is 10.4. The summed E-state index contributed by atoms with van der Waals surface area (Å²) < 4.78 is 14.7. The Bertz CT molecular complexity index is 305. The topological polar surface area (TPSA) is 66.8 Å². The van der Waals surface area contributed by atoms with Crippen molar-refractivity contribution in [2.75, 3.05) is 0 Å². The third-order valence-electron chi connectivity index (χ3n) is 1.25. The third kappa shape index (κ3) is 5.63. The molecule has 0 saturated carbocycles. The van der Waals surface area contributed by atoms with Gasteiger partial charge in [0.2, 0.25) is 0 Å². The molecule has 0 aliphatic rings. The third-order valence-corrected chi connectivity index (χ3v) is 1.69. The molecule has 0 unspecified atom stereocenters. The van der Waals surface area contributed by atoms with Crippen molar-refractivity contribution in [1.82, 2.24) is 0 Å². The number of hydrogen-bond donors (Lipinski definition) is 2. The fourth-order valence-electron chi connectivity index (χ4n) is 0.736. The van der Waals surface area contributed by atoms with Gasteiger partial charge in [-0.1, -0.05) is 17.7 Å². The van der Waals surface area contributed by atoms with E-state index in [1.54, 1.807) is 12.1 Å². The number of benzene rings is 1. The van der Waals surface area contributed by atoms with Crippen LogP contribution in [-0.2, 0) is 4.57 Å². The van der Waals surface area contributed by atoms with Gasteiger partial charge in [-0.2, -0.15) is 0 Å². The van der Waals surface area contributed by atoms with E-state index >= 15 is 0 Å². The van der Waals surface area contributed by atoms with E-state index in [-0.39, 0.29) is 41.3 Å². The summed E-state index contributed by atoms with van der Waals surface area (Å²) in [4.78, 5) is 16.9. The van der Waals surface area contributed by atoms with E-state index in [1.807, 2.05) is 6.92 Å². The van der Waals surface area contributed by atoms with E-state index in [1.165, 1.54) is 12.1 Å². The summed E-state index contributed by atoms with van der Waals surface area (Å²) in [6.07, 6.45) is 0. The molecule has 13 heavy (non-hydrogen) atoms. The molecule has 0 fully saturated rings. The normalized spacial score (nSPS) is 10.4. The zero-order valence-corrected chi connectivity index (χ0v) is 11.6. The maximum atomic E-state index is 10.4. The summed E-state index contributed by atoms with van der Waals surface area (Å²) in [7, 11) is -4.40. The molecule has 1 radical (unpaired) electrons. The van der Waals surface area contributed by atoms with Crippen molar-refractivity contribution >= 4 is 7.82 Å². The van der Waals surface area contributed by atoms with Crippen molar-refractivity contribution in [1.29, 1.82) is 0 Å². The first-order valence-corrected chi connectivity index (χ1v) is 4.82. The second kappa shape index (κ2) is 5.30. The number of hydrogen-bond acceptors (Lipinski definition) is 2. The first-order chi connectivity index (χ1) is 5.47. The second-order valence-electron chi connectivity index (χ2n) is 2.39. The molecular formula is C7H9LaO4P. The zero-order chi connectivity index (χ0) is 9.19. The Labute approximate surface area is 104 Å². The largest absolute Gasteiger partial charge is 0.524 e. The summed E-state index contributed by atoms with van der Waals surface area (Å²) in [5, 5.41) is 0. The van der Waals surface area contributed by atoms with Gasteiger partial charge in [-0.3, -0.25) is 9.79 Å². The van der Waals surface area contributed by atoms with E-state index in [9.17, 15) is 4.57 Å². The van der Waals surface area contributed by atoms with Gasteiger partial charge in [-0.05, 0) is 19.1 Å². The number of phosphoric ester groups is 1. The van der Waals surface area contributed by atoms with E-state index in [0.29, 0.717) is 0 Å². The van der Waals surface area contributed by atoms with Crippen LogP contribution in [0.2, 0.25) is 0 Å². The first-order valence-electron chi connectivity index (χ1n) is 3.29. The van der Waals surface area contributed by atoms with Crippen LogP contribution in [0.1, 0.15) is 5.56 Å². The Morgan fingerprint density at radius 1 is 1.23 bits per heavy atom. The summed E-state index contributed by atoms with van der Waals surface area (Å²) in [6, 6.07) is 6.44. The Balaban J connectivity index is 0.00000144. The molecular weight excluding hydrogens is 318 g/mol. The van der Waals surface area contributed by atoms with Gasteiger partial charge in [0, 0.05) is 35.6 Å². The van der Waals surface area contributed by atoms with Crippen LogP contribution in [0.25, 0.3) is 0 Å². The van der Waals surface area contributed by atoms with Crippen LogP contribution < -0.4 is 4.52 Å². The standard InChI is InChI=1S/C7H9O4P.La/c1-6-2-4-7(5-3-6)11-12(8,9)10;/h2-5H,1H3,(H2,8,9,10);. The minimum atomic E-state index is -4.40. The molecule has 0 saturated heterocycles. The van der Waals surface area contributed by atoms with Crippen LogP contribution in [-0.4, -0.2) is 9.79 Å². The van der Waals surface area contributed by atoms with Gasteiger partial charge in [0.25, 0.3) is 0 Å². The molecule has 0 atom stereocenters. The molecule has 69 valence electrons. The number of phosphoric acid groups is 1. The minimum absolute atomic E-state index is 0. The molecule has 6 heteroatoms. The van der Waals surface area contributed by atoms with E-state index < -0.39 is 7.82 Å². The second-order valence-corrected chi connectivity index (χ2v) is 3.56. The zero-order valence-electron chi connectivity index (χ0n) is 7.04. The predicted octanol–water partition coefficient (Wildman–Crippen LogP) is 1.47. The van der Waals surface area contributed by atoms with Crippen LogP contribution in [0.5, 0.6) is 5.75 Å². The van der Waals surface area contributed by atoms with Crippen LogP contribution in [0, 0.1) is 42.5 Å². The van der Waals surface area contributed by atoms with Gasteiger partial charge in [0.05, 0.1) is 0 Å². The van der Waals surface area contributed by atoms with Crippen molar-refractivity contribution in [3.8, 4) is 5.75 Å². The summed E-state index contributed by atoms with van der Waals surface area (Å²) in [5.74, 6) is 0.175. The molecule has 4 nitrogen and oxygen atoms in total. The van der Waals surface area contributed by atoms with Gasteiger partial charge in [0.15, 0.2) is 0 Å². The molecule has 0 bridgehead atoms. The fourth-order valence-corrected chi connectivity index (χ4v) is 1.13. The predicted molar refractivity (Wildman–Crippen MR) is 43.9 cm³/mol. The van der Waals surface area contributed by atoms with E-state index in [2.05, 4.69) is 4.52 Å². The average molecular weight is 327 g/mol. The fraction of sp³-hybridized carbons (Fsp3) is 0.143. The van der Waals surface area contributed by atoms with Crippen LogP contribution >= 0.6 is 7.82 Å². The quantitative estimate of drug-likeness (QED) is 0.808. The minimum Gasteiger partial charge on any atom is -0.404 e. The first kappa shape index (κ1) is 13.4. The van der Waals surface area contributed by atoms with Crippen LogP contribution in [0.3, 0.4) is 0 Å². The molecule has 0 aliphatic heterocycles. The number of aryl methyl sites for hydroxylation is 1. The van der Waals surface area contributed by atoms with Crippen LogP contribution in [0.4, 0.5) is 0 Å². The van der Waals surface area contributed by atoms with Gasteiger partial charge in [-0.25, -0.2) is 4.57 Å². The van der Waals surface area contributed by atoms with Crippen molar-refractivity contribution in [2.45, 2.75) is 6.92 Å². The molecule has 0 aliphatic carbocycles. The van der Waals surface area contributed by atoms with Crippen molar-refractivity contribution < 1.29 is 54.5 Å². The molecule has 0 amide bonds. The molecule has 1 aromatic carbocycles. The van der Waals surface area contributed by atoms with Gasteiger partial charge in [-0.15, -0.1) is 0 Å². The number of rotatable bonds is 2. The maximum Gasteiger partial charge on any atom is 0.524 e. The molecule has 1 rings (SSSR count). The van der Waals surface area contributed by atoms with Gasteiger partial charge >= 0.3 is 7.82 Å².